The van der Waals surface area contributed by atoms with E-state index in [1.54, 1.807) is 33.5 Å². The molecule has 1 unspecified atom stereocenters. The topological polar surface area (TPSA) is 89.1 Å². The molecular weight excluding hydrogens is 519 g/mol. The van der Waals surface area contributed by atoms with E-state index in [1.165, 1.54) is 12.3 Å². The number of aliphatic hydroxyl groups excluding tert-OH is 1. The van der Waals surface area contributed by atoms with E-state index in [1.807, 2.05) is 32.0 Å². The van der Waals surface area contributed by atoms with Crippen LogP contribution in [-0.4, -0.2) is 47.4 Å². The number of nitrogens with zero attached hydrogens (tertiary/aromatic N) is 6. The second-order valence-electron chi connectivity index (χ2n) is 9.68. The van der Waals surface area contributed by atoms with Crippen molar-refractivity contribution in [3.63, 3.8) is 0 Å². The Morgan fingerprint density at radius 1 is 1.23 bits per heavy atom. The predicted octanol–water partition coefficient (Wildman–Crippen LogP) is 3.47. The lowest BCUT2D eigenvalue weighted by atomic mass is 10.0. The number of para-hydroxylation sites is 1. The molecule has 1 N–H and O–H groups in total. The van der Waals surface area contributed by atoms with Crippen LogP contribution < -0.4 is 16.1 Å². The first-order chi connectivity index (χ1) is 18.7. The minimum atomic E-state index is -0.487. The van der Waals surface area contributed by atoms with E-state index in [0.717, 1.165) is 16.8 Å². The lowest BCUT2D eigenvalue weighted by Crippen LogP contribution is -2.50. The molecule has 1 fully saturated rings. The molecule has 4 aromatic rings. The molecule has 1 aliphatic rings. The number of benzene rings is 1. The number of likely N-dealkylation sites (tertiary alicyclic amines) is 1. The maximum Gasteiger partial charge on any atom is 0.271 e. The molecule has 0 radical (unpaired) electrons. The molecule has 0 spiro atoms. The van der Waals surface area contributed by atoms with Crippen LogP contribution in [-0.2, 0) is 19.9 Å². The Labute approximate surface area is 230 Å². The summed E-state index contributed by atoms with van der Waals surface area (Å²) < 4.78 is 17.8. The highest BCUT2D eigenvalue weighted by Gasteiger charge is 2.30. The van der Waals surface area contributed by atoms with Gasteiger partial charge in [0, 0.05) is 38.4 Å². The van der Waals surface area contributed by atoms with Gasteiger partial charge in [0.05, 0.1) is 21.8 Å². The number of hydrogen-bond donors (Lipinski definition) is 1. The van der Waals surface area contributed by atoms with Gasteiger partial charge in [-0.15, -0.1) is 0 Å². The maximum absolute atomic E-state index is 14.6. The molecule has 39 heavy (non-hydrogen) atoms. The van der Waals surface area contributed by atoms with Crippen molar-refractivity contribution in [1.29, 1.82) is 0 Å². The summed E-state index contributed by atoms with van der Waals surface area (Å²) in [6, 6.07) is 8.99. The normalized spacial score (nSPS) is 16.1. The van der Waals surface area contributed by atoms with Gasteiger partial charge in [0.25, 0.3) is 5.56 Å². The Morgan fingerprint density at radius 3 is 2.56 bits per heavy atom. The third kappa shape index (κ3) is 4.83. The standard InChI is InChI=1S/C29H30ClFN6O2/c1-5-18-8-7-9-19(6-2)26(18)37-27(23-11-12-35(4)34-23)33-17(3)24(29(37)39)28(38)36-13-10-20(16-36)25-22(31)14-21(30)15-32-25/h7-9,11-12,14-15,20,38H,3,5-6,10,13,16H2,1-2,4H3. The van der Waals surface area contributed by atoms with Crippen molar-refractivity contribution in [1.82, 2.24) is 29.2 Å². The zero-order valence-corrected chi connectivity index (χ0v) is 22.9. The second kappa shape index (κ2) is 10.6. The molecule has 10 heteroatoms. The van der Waals surface area contributed by atoms with Crippen molar-refractivity contribution in [2.75, 3.05) is 13.1 Å². The molecule has 0 amide bonds. The zero-order valence-electron chi connectivity index (χ0n) is 22.2. The summed E-state index contributed by atoms with van der Waals surface area (Å²) in [7, 11) is 1.80. The van der Waals surface area contributed by atoms with Gasteiger partial charge < -0.3 is 10.0 Å². The Hall–Kier alpha value is -3.98. The van der Waals surface area contributed by atoms with Gasteiger partial charge in [0.1, 0.15) is 16.7 Å². The predicted molar refractivity (Wildman–Crippen MR) is 150 cm³/mol. The molecule has 1 aliphatic heterocycles. The number of halogens is 2. The van der Waals surface area contributed by atoms with Crippen LogP contribution in [0.3, 0.4) is 0 Å². The van der Waals surface area contributed by atoms with Crippen LogP contribution in [0.1, 0.15) is 43.0 Å². The summed E-state index contributed by atoms with van der Waals surface area (Å²) in [5, 5.41) is 16.3. The number of aliphatic hydroxyl groups is 1. The summed E-state index contributed by atoms with van der Waals surface area (Å²) in [5.74, 6) is -0.640. The van der Waals surface area contributed by atoms with Gasteiger partial charge in [-0.1, -0.05) is 50.2 Å². The van der Waals surface area contributed by atoms with Gasteiger partial charge in [-0.05, 0) is 42.5 Å². The highest BCUT2D eigenvalue weighted by Crippen LogP contribution is 2.30. The molecule has 0 aliphatic carbocycles. The first kappa shape index (κ1) is 26.6. The Bertz CT molecular complexity index is 1710. The summed E-state index contributed by atoms with van der Waals surface area (Å²) in [6.45, 7) is 8.79. The van der Waals surface area contributed by atoms with Crippen molar-refractivity contribution < 1.29 is 9.50 Å². The minimum absolute atomic E-state index is 0.00725. The average molecular weight is 549 g/mol. The molecule has 1 saturated heterocycles. The fraction of sp³-hybridized carbons (Fsp3) is 0.310. The first-order valence-electron chi connectivity index (χ1n) is 13.0. The van der Waals surface area contributed by atoms with Gasteiger partial charge in [-0.2, -0.15) is 5.10 Å². The van der Waals surface area contributed by atoms with Crippen LogP contribution in [0.5, 0.6) is 0 Å². The second-order valence-corrected chi connectivity index (χ2v) is 10.1. The van der Waals surface area contributed by atoms with Crippen molar-refractivity contribution in [2.24, 2.45) is 7.05 Å². The van der Waals surface area contributed by atoms with E-state index in [0.29, 0.717) is 37.3 Å². The zero-order chi connectivity index (χ0) is 27.8. The van der Waals surface area contributed by atoms with E-state index in [9.17, 15) is 14.3 Å². The van der Waals surface area contributed by atoms with E-state index in [4.69, 9.17) is 16.6 Å². The fourth-order valence-corrected chi connectivity index (χ4v) is 5.41. The van der Waals surface area contributed by atoms with E-state index >= 15 is 0 Å². The SMILES string of the molecule is C=c1nc(-c2ccn(C)n2)n(-c2c(CC)cccc2CC)c(=O)c1=C(O)N1CCC(c2ncc(Cl)cc2F)C1. The van der Waals surface area contributed by atoms with Crippen LogP contribution >= 0.6 is 11.6 Å². The van der Waals surface area contributed by atoms with Crippen LogP contribution in [0.15, 0.2) is 47.5 Å². The van der Waals surface area contributed by atoms with E-state index < -0.39 is 11.4 Å². The average Bonchev–Trinajstić information content (AvgIpc) is 3.57. The Kier molecular flexibility index (Phi) is 7.27. The van der Waals surface area contributed by atoms with Crippen LogP contribution in [0.25, 0.3) is 29.7 Å². The molecule has 202 valence electrons. The molecule has 0 saturated carbocycles. The summed E-state index contributed by atoms with van der Waals surface area (Å²) in [5.41, 5.74) is 3.05. The Morgan fingerprint density at radius 2 is 1.95 bits per heavy atom. The van der Waals surface area contributed by atoms with Gasteiger partial charge in [-0.3, -0.25) is 19.0 Å². The molecule has 3 aromatic heterocycles. The Balaban J connectivity index is 1.72. The number of hydrogen-bond acceptors (Lipinski definition) is 6. The summed E-state index contributed by atoms with van der Waals surface area (Å²) >= 11 is 5.87. The first-order valence-corrected chi connectivity index (χ1v) is 13.3. The van der Waals surface area contributed by atoms with E-state index in [2.05, 4.69) is 16.7 Å². The van der Waals surface area contributed by atoms with Gasteiger partial charge in [0.2, 0.25) is 5.88 Å². The third-order valence-electron chi connectivity index (χ3n) is 7.22. The maximum atomic E-state index is 14.6. The van der Waals surface area contributed by atoms with Crippen molar-refractivity contribution in [3.05, 3.63) is 91.3 Å². The minimum Gasteiger partial charge on any atom is -0.494 e. The van der Waals surface area contributed by atoms with Crippen LogP contribution in [0.2, 0.25) is 5.02 Å². The summed E-state index contributed by atoms with van der Waals surface area (Å²) in [6.07, 6.45) is 5.14. The molecular formula is C29H30ClFN6O2. The highest BCUT2D eigenvalue weighted by atomic mass is 35.5. The van der Waals surface area contributed by atoms with Crippen LogP contribution in [0.4, 0.5) is 4.39 Å². The fourth-order valence-electron chi connectivity index (χ4n) is 5.27. The molecule has 1 atom stereocenters. The van der Waals surface area contributed by atoms with Crippen molar-refractivity contribution >= 4 is 24.1 Å². The molecule has 0 bridgehead atoms. The number of aryl methyl sites for hydroxylation is 3. The lowest BCUT2D eigenvalue weighted by Gasteiger charge is -2.20. The van der Waals surface area contributed by atoms with Gasteiger partial charge in [-0.25, -0.2) is 9.37 Å². The summed E-state index contributed by atoms with van der Waals surface area (Å²) in [4.78, 5) is 24.9. The van der Waals surface area contributed by atoms with E-state index in [-0.39, 0.29) is 39.6 Å². The molecule has 1 aromatic carbocycles. The van der Waals surface area contributed by atoms with Gasteiger partial charge >= 0.3 is 0 Å². The number of rotatable bonds is 6. The van der Waals surface area contributed by atoms with Gasteiger partial charge in [0.15, 0.2) is 5.82 Å². The largest absolute Gasteiger partial charge is 0.494 e. The number of pyridine rings is 1. The number of aromatic nitrogens is 5. The third-order valence-corrected chi connectivity index (χ3v) is 7.43. The monoisotopic (exact) mass is 548 g/mol. The molecule has 5 rings (SSSR count). The molecule has 4 heterocycles. The van der Waals surface area contributed by atoms with Crippen LogP contribution in [0, 0.1) is 5.82 Å². The quantitative estimate of drug-likeness (QED) is 0.397. The van der Waals surface area contributed by atoms with Crippen molar-refractivity contribution in [3.8, 4) is 17.2 Å². The highest BCUT2D eigenvalue weighted by molar-refractivity contribution is 6.30. The molecule has 8 nitrogen and oxygen atoms in total. The van der Waals surface area contributed by atoms with Crippen molar-refractivity contribution in [2.45, 2.75) is 39.0 Å². The smallest absolute Gasteiger partial charge is 0.271 e. The lowest BCUT2D eigenvalue weighted by molar-refractivity contribution is 0.321.